The smallest absolute Gasteiger partial charge is 0.168 e. The van der Waals surface area contributed by atoms with Crippen molar-refractivity contribution >= 4 is 0 Å². The number of furan rings is 1. The average Bonchev–Trinajstić information content (AvgIpc) is 2.81. The van der Waals surface area contributed by atoms with Gasteiger partial charge in [-0.2, -0.15) is 0 Å². The molecule has 0 unspecified atom stereocenters. The van der Waals surface area contributed by atoms with Crippen molar-refractivity contribution in [3.05, 3.63) is 36.8 Å². The average molecular weight is 204 g/mol. The molecule has 3 heteroatoms. The molecule has 15 heavy (non-hydrogen) atoms. The van der Waals surface area contributed by atoms with Crippen molar-refractivity contribution < 1.29 is 13.9 Å². The summed E-state index contributed by atoms with van der Waals surface area (Å²) in [5, 5.41) is 0. The molecule has 0 aliphatic heterocycles. The van der Waals surface area contributed by atoms with Gasteiger partial charge in [0.1, 0.15) is 0 Å². The molecule has 0 atom stereocenters. The Hall–Kier alpha value is -1.90. The van der Waals surface area contributed by atoms with E-state index in [0.717, 1.165) is 22.6 Å². The van der Waals surface area contributed by atoms with Crippen molar-refractivity contribution in [1.82, 2.24) is 0 Å². The summed E-state index contributed by atoms with van der Waals surface area (Å²) in [4.78, 5) is 0. The highest BCUT2D eigenvalue weighted by Gasteiger charge is 2.11. The maximum absolute atomic E-state index is 5.32. The topological polar surface area (TPSA) is 31.6 Å². The van der Waals surface area contributed by atoms with Crippen molar-refractivity contribution in [3.63, 3.8) is 0 Å². The molecule has 0 fully saturated rings. The van der Waals surface area contributed by atoms with E-state index in [1.165, 1.54) is 0 Å². The van der Waals surface area contributed by atoms with Crippen molar-refractivity contribution in [2.24, 2.45) is 0 Å². The number of benzene rings is 1. The summed E-state index contributed by atoms with van der Waals surface area (Å²) in [6, 6.07) is 7.63. The molecular formula is C12H12O3. The molecule has 0 amide bonds. The minimum absolute atomic E-state index is 0.719. The predicted molar refractivity (Wildman–Crippen MR) is 57.2 cm³/mol. The van der Waals surface area contributed by atoms with E-state index in [4.69, 9.17) is 13.9 Å². The molecule has 2 rings (SSSR count). The highest BCUT2D eigenvalue weighted by Crippen LogP contribution is 2.37. The molecule has 78 valence electrons. The van der Waals surface area contributed by atoms with Gasteiger partial charge in [0.15, 0.2) is 11.5 Å². The Morgan fingerprint density at radius 1 is 1.07 bits per heavy atom. The third-order valence-electron chi connectivity index (χ3n) is 2.24. The van der Waals surface area contributed by atoms with Crippen molar-refractivity contribution in [2.75, 3.05) is 14.2 Å². The SMILES string of the molecule is COc1cccc(-c2ccoc2)c1OC. The van der Waals surface area contributed by atoms with Crippen LogP contribution in [-0.2, 0) is 0 Å². The number of ether oxygens (including phenoxy) is 2. The highest BCUT2D eigenvalue weighted by molar-refractivity contribution is 5.72. The fourth-order valence-corrected chi connectivity index (χ4v) is 1.53. The molecule has 0 bridgehead atoms. The molecule has 2 aromatic rings. The van der Waals surface area contributed by atoms with Crippen LogP contribution in [0.4, 0.5) is 0 Å². The first-order valence-corrected chi connectivity index (χ1v) is 4.60. The van der Waals surface area contributed by atoms with Gasteiger partial charge in [-0.15, -0.1) is 0 Å². The van der Waals surface area contributed by atoms with Gasteiger partial charge in [-0.3, -0.25) is 0 Å². The van der Waals surface area contributed by atoms with E-state index in [1.807, 2.05) is 24.3 Å². The second-order valence-electron chi connectivity index (χ2n) is 3.05. The van der Waals surface area contributed by atoms with E-state index in [1.54, 1.807) is 26.7 Å². The van der Waals surface area contributed by atoms with Gasteiger partial charge in [-0.1, -0.05) is 12.1 Å². The standard InChI is InChI=1S/C12H12O3/c1-13-11-5-3-4-10(12(11)14-2)9-6-7-15-8-9/h3-8H,1-2H3. The van der Waals surface area contributed by atoms with Crippen LogP contribution in [0.2, 0.25) is 0 Å². The summed E-state index contributed by atoms with van der Waals surface area (Å²) in [6.45, 7) is 0. The first kappa shape index (κ1) is 9.65. The van der Waals surface area contributed by atoms with E-state index < -0.39 is 0 Å². The van der Waals surface area contributed by atoms with Crippen LogP contribution in [0.15, 0.2) is 41.2 Å². The summed E-state index contributed by atoms with van der Waals surface area (Å²) in [5.41, 5.74) is 1.94. The summed E-state index contributed by atoms with van der Waals surface area (Å²) < 4.78 is 15.6. The van der Waals surface area contributed by atoms with E-state index in [2.05, 4.69) is 0 Å². The fourth-order valence-electron chi connectivity index (χ4n) is 1.53. The molecular weight excluding hydrogens is 192 g/mol. The maximum Gasteiger partial charge on any atom is 0.168 e. The first-order chi connectivity index (χ1) is 7.36. The highest BCUT2D eigenvalue weighted by atomic mass is 16.5. The molecule has 1 heterocycles. The van der Waals surface area contributed by atoms with Crippen molar-refractivity contribution in [1.29, 1.82) is 0 Å². The Bertz CT molecular complexity index is 432. The zero-order valence-electron chi connectivity index (χ0n) is 8.69. The molecule has 0 aliphatic carbocycles. The van der Waals surface area contributed by atoms with Crippen molar-refractivity contribution in [2.45, 2.75) is 0 Å². The van der Waals surface area contributed by atoms with Gasteiger partial charge in [0.2, 0.25) is 0 Å². The summed E-state index contributed by atoms with van der Waals surface area (Å²) in [6.07, 6.45) is 3.31. The van der Waals surface area contributed by atoms with Gasteiger partial charge in [0, 0.05) is 11.1 Å². The van der Waals surface area contributed by atoms with Crippen LogP contribution in [0.25, 0.3) is 11.1 Å². The Morgan fingerprint density at radius 2 is 1.93 bits per heavy atom. The molecule has 1 aromatic carbocycles. The van der Waals surface area contributed by atoms with Crippen LogP contribution in [0, 0.1) is 0 Å². The number of hydrogen-bond donors (Lipinski definition) is 0. The molecule has 0 radical (unpaired) electrons. The number of hydrogen-bond acceptors (Lipinski definition) is 3. The van der Waals surface area contributed by atoms with Crippen LogP contribution in [0.3, 0.4) is 0 Å². The lowest BCUT2D eigenvalue weighted by Crippen LogP contribution is -1.92. The predicted octanol–water partition coefficient (Wildman–Crippen LogP) is 2.96. The van der Waals surface area contributed by atoms with Gasteiger partial charge in [-0.05, 0) is 12.1 Å². The second kappa shape index (κ2) is 4.09. The molecule has 0 saturated heterocycles. The molecule has 0 spiro atoms. The Balaban J connectivity index is 2.56. The normalized spacial score (nSPS) is 10.0. The van der Waals surface area contributed by atoms with Crippen LogP contribution < -0.4 is 9.47 Å². The summed E-state index contributed by atoms with van der Waals surface area (Å²) in [7, 11) is 3.25. The molecule has 0 saturated carbocycles. The molecule has 0 N–H and O–H groups in total. The quantitative estimate of drug-likeness (QED) is 0.770. The Morgan fingerprint density at radius 3 is 2.53 bits per heavy atom. The lowest BCUT2D eigenvalue weighted by molar-refractivity contribution is 0.356. The monoisotopic (exact) mass is 204 g/mol. The minimum atomic E-state index is 0.719. The van der Waals surface area contributed by atoms with Crippen LogP contribution in [-0.4, -0.2) is 14.2 Å². The molecule has 1 aromatic heterocycles. The van der Waals surface area contributed by atoms with E-state index >= 15 is 0 Å². The van der Waals surface area contributed by atoms with E-state index in [-0.39, 0.29) is 0 Å². The van der Waals surface area contributed by atoms with Gasteiger partial charge in [0.25, 0.3) is 0 Å². The number of para-hydroxylation sites is 1. The van der Waals surface area contributed by atoms with Crippen LogP contribution in [0.1, 0.15) is 0 Å². The minimum Gasteiger partial charge on any atom is -0.493 e. The molecule has 3 nitrogen and oxygen atoms in total. The lowest BCUT2D eigenvalue weighted by Gasteiger charge is -2.10. The second-order valence-corrected chi connectivity index (χ2v) is 3.05. The molecule has 0 aliphatic rings. The first-order valence-electron chi connectivity index (χ1n) is 4.60. The van der Waals surface area contributed by atoms with Gasteiger partial charge in [-0.25, -0.2) is 0 Å². The summed E-state index contributed by atoms with van der Waals surface area (Å²) >= 11 is 0. The van der Waals surface area contributed by atoms with Crippen molar-refractivity contribution in [3.8, 4) is 22.6 Å². The van der Waals surface area contributed by atoms with Gasteiger partial charge >= 0.3 is 0 Å². The maximum atomic E-state index is 5.32. The third-order valence-corrected chi connectivity index (χ3v) is 2.24. The van der Waals surface area contributed by atoms with E-state index in [9.17, 15) is 0 Å². The van der Waals surface area contributed by atoms with Gasteiger partial charge < -0.3 is 13.9 Å². The third kappa shape index (κ3) is 1.68. The number of rotatable bonds is 3. The van der Waals surface area contributed by atoms with E-state index in [0.29, 0.717) is 0 Å². The Labute approximate surface area is 88.2 Å². The zero-order chi connectivity index (χ0) is 10.7. The fraction of sp³-hybridized carbons (Fsp3) is 0.167. The van der Waals surface area contributed by atoms with Crippen LogP contribution >= 0.6 is 0 Å². The van der Waals surface area contributed by atoms with Gasteiger partial charge in [0.05, 0.1) is 26.7 Å². The lowest BCUT2D eigenvalue weighted by atomic mass is 10.1. The zero-order valence-corrected chi connectivity index (χ0v) is 8.69. The number of methoxy groups -OCH3 is 2. The van der Waals surface area contributed by atoms with Crippen LogP contribution in [0.5, 0.6) is 11.5 Å². The largest absolute Gasteiger partial charge is 0.493 e. The summed E-state index contributed by atoms with van der Waals surface area (Å²) in [5.74, 6) is 1.44. The Kier molecular flexibility index (Phi) is 2.63.